The van der Waals surface area contributed by atoms with Crippen LogP contribution in [0.5, 0.6) is 0 Å². The van der Waals surface area contributed by atoms with Crippen LogP contribution in [0.15, 0.2) is 13.2 Å². The topological polar surface area (TPSA) is 29.1 Å². The van der Waals surface area contributed by atoms with E-state index in [1.807, 2.05) is 0 Å². The SMILES string of the molecule is C=C.O=C1CCC2(CCCN2)CC1. The molecule has 1 aliphatic heterocycles. The summed E-state index contributed by atoms with van der Waals surface area (Å²) >= 11 is 0. The van der Waals surface area contributed by atoms with Crippen LogP contribution in [0.2, 0.25) is 0 Å². The second-order valence-electron chi connectivity index (χ2n) is 3.85. The lowest BCUT2D eigenvalue weighted by Crippen LogP contribution is -2.43. The van der Waals surface area contributed by atoms with E-state index >= 15 is 0 Å². The minimum absolute atomic E-state index is 0.383. The molecule has 74 valence electrons. The number of Topliss-reactive ketones (excluding diaryl/α,β-unsaturated/α-hetero) is 1. The number of hydrogen-bond acceptors (Lipinski definition) is 2. The normalized spacial score (nSPS) is 25.4. The van der Waals surface area contributed by atoms with Crippen molar-refractivity contribution in [3.63, 3.8) is 0 Å². The summed E-state index contributed by atoms with van der Waals surface area (Å²) in [4.78, 5) is 11.0. The van der Waals surface area contributed by atoms with Crippen molar-refractivity contribution in [2.75, 3.05) is 6.54 Å². The molecular weight excluding hydrogens is 162 g/mol. The van der Waals surface area contributed by atoms with Crippen molar-refractivity contribution in [2.45, 2.75) is 44.1 Å². The number of ketones is 1. The van der Waals surface area contributed by atoms with Gasteiger partial charge in [0.25, 0.3) is 0 Å². The molecule has 0 aromatic carbocycles. The summed E-state index contributed by atoms with van der Waals surface area (Å²) < 4.78 is 0. The molecule has 0 atom stereocenters. The fraction of sp³-hybridized carbons (Fsp3) is 0.727. The molecule has 0 amide bonds. The van der Waals surface area contributed by atoms with E-state index in [0.29, 0.717) is 11.3 Å². The summed E-state index contributed by atoms with van der Waals surface area (Å²) in [5, 5.41) is 3.54. The minimum atomic E-state index is 0.383. The number of hydrogen-bond donors (Lipinski definition) is 1. The standard InChI is InChI=1S/C9H15NO.C2H4/c11-8-2-5-9(6-3-8)4-1-7-10-9;1-2/h10H,1-7H2;1-2H2. The molecule has 2 fully saturated rings. The van der Waals surface area contributed by atoms with Gasteiger partial charge in [-0.25, -0.2) is 0 Å². The quantitative estimate of drug-likeness (QED) is 0.579. The van der Waals surface area contributed by atoms with Crippen molar-refractivity contribution >= 4 is 5.78 Å². The maximum Gasteiger partial charge on any atom is 0.133 e. The van der Waals surface area contributed by atoms with Gasteiger partial charge < -0.3 is 5.32 Å². The first-order chi connectivity index (χ1) is 6.31. The highest BCUT2D eigenvalue weighted by Gasteiger charge is 2.36. The van der Waals surface area contributed by atoms with Gasteiger partial charge in [-0.05, 0) is 32.2 Å². The van der Waals surface area contributed by atoms with Crippen LogP contribution in [-0.4, -0.2) is 17.9 Å². The molecule has 0 aromatic rings. The molecule has 13 heavy (non-hydrogen) atoms. The van der Waals surface area contributed by atoms with Crippen LogP contribution in [0.25, 0.3) is 0 Å². The second kappa shape index (κ2) is 4.56. The van der Waals surface area contributed by atoms with Gasteiger partial charge in [0.2, 0.25) is 0 Å². The summed E-state index contributed by atoms with van der Waals surface area (Å²) in [7, 11) is 0. The van der Waals surface area contributed by atoms with E-state index in [2.05, 4.69) is 18.5 Å². The summed E-state index contributed by atoms with van der Waals surface area (Å²) in [6.07, 6.45) is 6.39. The van der Waals surface area contributed by atoms with Gasteiger partial charge in [-0.3, -0.25) is 4.79 Å². The number of rotatable bonds is 0. The van der Waals surface area contributed by atoms with Gasteiger partial charge in [-0.2, -0.15) is 0 Å². The average molecular weight is 181 g/mol. The van der Waals surface area contributed by atoms with Crippen LogP contribution in [-0.2, 0) is 4.79 Å². The molecule has 1 heterocycles. The fourth-order valence-electron chi connectivity index (χ4n) is 2.30. The molecule has 1 saturated carbocycles. The van der Waals surface area contributed by atoms with Gasteiger partial charge in [-0.1, -0.05) is 0 Å². The van der Waals surface area contributed by atoms with Gasteiger partial charge in [0, 0.05) is 18.4 Å². The van der Waals surface area contributed by atoms with E-state index in [9.17, 15) is 4.79 Å². The highest BCUT2D eigenvalue weighted by atomic mass is 16.1. The first kappa shape index (κ1) is 10.5. The Morgan fingerprint density at radius 2 is 1.77 bits per heavy atom. The maximum absolute atomic E-state index is 11.0. The largest absolute Gasteiger partial charge is 0.311 e. The van der Waals surface area contributed by atoms with Gasteiger partial charge >= 0.3 is 0 Å². The Hall–Kier alpha value is -0.630. The zero-order valence-electron chi connectivity index (χ0n) is 8.27. The smallest absolute Gasteiger partial charge is 0.133 e. The molecule has 2 nitrogen and oxygen atoms in total. The zero-order valence-corrected chi connectivity index (χ0v) is 8.27. The lowest BCUT2D eigenvalue weighted by Gasteiger charge is -2.32. The maximum atomic E-state index is 11.0. The van der Waals surface area contributed by atoms with E-state index in [-0.39, 0.29) is 0 Å². The number of carbonyl (C=O) groups is 1. The molecular formula is C11H19NO. The predicted octanol–water partition coefficient (Wildman–Crippen LogP) is 2.05. The Morgan fingerprint density at radius 1 is 1.15 bits per heavy atom. The summed E-state index contributed by atoms with van der Waals surface area (Å²) in [5.74, 6) is 0.462. The monoisotopic (exact) mass is 181 g/mol. The van der Waals surface area contributed by atoms with Crippen LogP contribution in [0.1, 0.15) is 38.5 Å². The third kappa shape index (κ3) is 2.41. The summed E-state index contributed by atoms with van der Waals surface area (Å²) in [6, 6.07) is 0. The minimum Gasteiger partial charge on any atom is -0.311 e. The van der Waals surface area contributed by atoms with Crippen molar-refractivity contribution in [2.24, 2.45) is 0 Å². The van der Waals surface area contributed by atoms with E-state index in [1.165, 1.54) is 12.8 Å². The van der Waals surface area contributed by atoms with Crippen LogP contribution in [0.4, 0.5) is 0 Å². The zero-order chi connectivity index (χ0) is 9.73. The summed E-state index contributed by atoms with van der Waals surface area (Å²) in [5.41, 5.74) is 0.383. The Kier molecular flexibility index (Phi) is 3.67. The van der Waals surface area contributed by atoms with Gasteiger partial charge in [0.1, 0.15) is 5.78 Å². The fourth-order valence-corrected chi connectivity index (χ4v) is 2.30. The van der Waals surface area contributed by atoms with Crippen LogP contribution < -0.4 is 5.32 Å². The first-order valence-corrected chi connectivity index (χ1v) is 5.08. The van der Waals surface area contributed by atoms with Gasteiger partial charge in [0.05, 0.1) is 0 Å². The predicted molar refractivity (Wildman–Crippen MR) is 54.7 cm³/mol. The molecule has 1 spiro atoms. The molecule has 1 N–H and O–H groups in total. The second-order valence-corrected chi connectivity index (χ2v) is 3.85. The molecule has 2 heteroatoms. The Labute approximate surface area is 80.4 Å². The van der Waals surface area contributed by atoms with Crippen molar-refractivity contribution in [3.05, 3.63) is 13.2 Å². The number of carbonyl (C=O) groups excluding carboxylic acids is 1. The van der Waals surface area contributed by atoms with E-state index in [0.717, 1.165) is 32.2 Å². The Balaban J connectivity index is 0.000000396. The van der Waals surface area contributed by atoms with Gasteiger partial charge in [0.15, 0.2) is 0 Å². The molecule has 0 unspecified atom stereocenters. The molecule has 2 aliphatic rings. The van der Waals surface area contributed by atoms with E-state index in [4.69, 9.17) is 0 Å². The van der Waals surface area contributed by atoms with Crippen molar-refractivity contribution < 1.29 is 4.79 Å². The van der Waals surface area contributed by atoms with E-state index in [1.54, 1.807) is 0 Å². The van der Waals surface area contributed by atoms with E-state index < -0.39 is 0 Å². The van der Waals surface area contributed by atoms with Crippen LogP contribution in [0.3, 0.4) is 0 Å². The average Bonchev–Trinajstić information content (AvgIpc) is 2.63. The lowest BCUT2D eigenvalue weighted by atomic mass is 9.80. The highest BCUT2D eigenvalue weighted by Crippen LogP contribution is 2.33. The van der Waals surface area contributed by atoms with Crippen molar-refractivity contribution in [3.8, 4) is 0 Å². The lowest BCUT2D eigenvalue weighted by molar-refractivity contribution is -0.121. The van der Waals surface area contributed by atoms with Crippen molar-refractivity contribution in [1.29, 1.82) is 0 Å². The first-order valence-electron chi connectivity index (χ1n) is 5.08. The molecule has 0 radical (unpaired) electrons. The number of nitrogens with one attached hydrogen (secondary N) is 1. The highest BCUT2D eigenvalue weighted by molar-refractivity contribution is 5.79. The molecule has 0 aromatic heterocycles. The van der Waals surface area contributed by atoms with Gasteiger partial charge in [-0.15, -0.1) is 13.2 Å². The van der Waals surface area contributed by atoms with Crippen LogP contribution in [0, 0.1) is 0 Å². The Bertz CT molecular complexity index is 171. The molecule has 1 aliphatic carbocycles. The van der Waals surface area contributed by atoms with Crippen molar-refractivity contribution in [1.82, 2.24) is 5.32 Å². The van der Waals surface area contributed by atoms with Crippen LogP contribution >= 0.6 is 0 Å². The summed E-state index contributed by atoms with van der Waals surface area (Å²) in [6.45, 7) is 7.16. The molecule has 2 rings (SSSR count). The molecule has 1 saturated heterocycles. The third-order valence-corrected chi connectivity index (χ3v) is 3.10. The molecule has 0 bridgehead atoms. The Morgan fingerprint density at radius 3 is 2.23 bits per heavy atom. The third-order valence-electron chi connectivity index (χ3n) is 3.10.